The summed E-state index contributed by atoms with van der Waals surface area (Å²) in [5.74, 6) is 0.631. The zero-order valence-corrected chi connectivity index (χ0v) is 12.9. The number of benzene rings is 1. The molecule has 0 aliphatic rings. The van der Waals surface area contributed by atoms with Gasteiger partial charge in [-0.05, 0) is 37.1 Å². The van der Waals surface area contributed by atoms with Crippen LogP contribution in [0.1, 0.15) is 24.6 Å². The van der Waals surface area contributed by atoms with Crippen LogP contribution in [0.4, 0.5) is 0 Å². The van der Waals surface area contributed by atoms with E-state index in [-0.39, 0.29) is 4.90 Å². The molecule has 6 nitrogen and oxygen atoms in total. The van der Waals surface area contributed by atoms with E-state index in [2.05, 4.69) is 11.9 Å². The van der Waals surface area contributed by atoms with Crippen molar-refractivity contribution in [1.29, 1.82) is 0 Å². The van der Waals surface area contributed by atoms with E-state index in [0.717, 1.165) is 24.2 Å². The molecule has 114 valence electrons. The summed E-state index contributed by atoms with van der Waals surface area (Å²) in [6.45, 7) is 5.16. The molecule has 0 unspecified atom stereocenters. The minimum atomic E-state index is -3.68. The first-order valence-corrected chi connectivity index (χ1v) is 8.21. The third-order valence-electron chi connectivity index (χ3n) is 3.11. The van der Waals surface area contributed by atoms with E-state index in [0.29, 0.717) is 12.4 Å². The first-order valence-electron chi connectivity index (χ1n) is 6.67. The van der Waals surface area contributed by atoms with Gasteiger partial charge in [-0.3, -0.25) is 0 Å². The molecule has 0 aliphatic heterocycles. The standard InChI is InChI=1S/C14H19N3O3S/c1-3-6-17-10-16-8-12(17)9-20-14-5-4-13(7-11(14)2)21(15,18)19/h4-5,7-8,10H,3,6,9H2,1-2H3,(H2,15,18,19). The average molecular weight is 309 g/mol. The summed E-state index contributed by atoms with van der Waals surface area (Å²) in [4.78, 5) is 4.20. The van der Waals surface area contributed by atoms with Crippen LogP contribution in [-0.2, 0) is 23.2 Å². The molecular formula is C14H19N3O3S. The summed E-state index contributed by atoms with van der Waals surface area (Å²) in [6.07, 6.45) is 4.56. The number of nitrogens with zero attached hydrogens (tertiary/aromatic N) is 2. The van der Waals surface area contributed by atoms with Crippen LogP contribution in [0, 0.1) is 6.92 Å². The highest BCUT2D eigenvalue weighted by atomic mass is 32.2. The second-order valence-electron chi connectivity index (χ2n) is 4.84. The van der Waals surface area contributed by atoms with E-state index in [1.54, 1.807) is 25.5 Å². The molecule has 0 radical (unpaired) electrons. The maximum absolute atomic E-state index is 11.3. The summed E-state index contributed by atoms with van der Waals surface area (Å²) in [5, 5.41) is 5.10. The number of primary sulfonamides is 1. The van der Waals surface area contributed by atoms with Crippen molar-refractivity contribution in [2.45, 2.75) is 38.3 Å². The van der Waals surface area contributed by atoms with Crippen molar-refractivity contribution in [2.75, 3.05) is 0 Å². The molecule has 0 aliphatic carbocycles. The van der Waals surface area contributed by atoms with E-state index >= 15 is 0 Å². The van der Waals surface area contributed by atoms with E-state index in [1.807, 2.05) is 4.57 Å². The van der Waals surface area contributed by atoms with Crippen molar-refractivity contribution in [3.8, 4) is 5.75 Å². The molecule has 0 saturated carbocycles. The number of sulfonamides is 1. The lowest BCUT2D eigenvalue weighted by Gasteiger charge is -2.11. The van der Waals surface area contributed by atoms with Gasteiger partial charge in [-0.1, -0.05) is 6.92 Å². The van der Waals surface area contributed by atoms with Crippen LogP contribution in [0.5, 0.6) is 5.75 Å². The normalized spacial score (nSPS) is 11.6. The Balaban J connectivity index is 2.12. The minimum Gasteiger partial charge on any atom is -0.487 e. The van der Waals surface area contributed by atoms with Crippen LogP contribution in [-0.4, -0.2) is 18.0 Å². The van der Waals surface area contributed by atoms with Gasteiger partial charge in [-0.2, -0.15) is 0 Å². The molecule has 21 heavy (non-hydrogen) atoms. The van der Waals surface area contributed by atoms with Gasteiger partial charge in [-0.15, -0.1) is 0 Å². The van der Waals surface area contributed by atoms with Gasteiger partial charge in [0, 0.05) is 6.54 Å². The second kappa shape index (κ2) is 6.28. The number of nitrogens with two attached hydrogens (primary N) is 1. The molecule has 1 aromatic heterocycles. The fraction of sp³-hybridized carbons (Fsp3) is 0.357. The molecule has 0 atom stereocenters. The number of ether oxygens (including phenoxy) is 1. The van der Waals surface area contributed by atoms with Crippen LogP contribution in [0.15, 0.2) is 35.6 Å². The number of aromatic nitrogens is 2. The Kier molecular flexibility index (Phi) is 4.64. The Morgan fingerprint density at radius 2 is 2.14 bits per heavy atom. The van der Waals surface area contributed by atoms with Crippen molar-refractivity contribution >= 4 is 10.0 Å². The smallest absolute Gasteiger partial charge is 0.238 e. The number of aryl methyl sites for hydroxylation is 2. The first kappa shape index (κ1) is 15.5. The van der Waals surface area contributed by atoms with Crippen LogP contribution in [0.3, 0.4) is 0 Å². The second-order valence-corrected chi connectivity index (χ2v) is 6.40. The van der Waals surface area contributed by atoms with Crippen molar-refractivity contribution in [1.82, 2.24) is 9.55 Å². The van der Waals surface area contributed by atoms with Crippen molar-refractivity contribution < 1.29 is 13.2 Å². The molecule has 0 fully saturated rings. The zero-order chi connectivity index (χ0) is 15.5. The zero-order valence-electron chi connectivity index (χ0n) is 12.1. The highest BCUT2D eigenvalue weighted by Gasteiger charge is 2.10. The fourth-order valence-corrected chi connectivity index (χ4v) is 2.62. The third kappa shape index (κ3) is 3.83. The maximum Gasteiger partial charge on any atom is 0.238 e. The van der Waals surface area contributed by atoms with Gasteiger partial charge >= 0.3 is 0 Å². The summed E-state index contributed by atoms with van der Waals surface area (Å²) in [6, 6.07) is 4.57. The molecular weight excluding hydrogens is 290 g/mol. The van der Waals surface area contributed by atoms with E-state index in [4.69, 9.17) is 9.88 Å². The van der Waals surface area contributed by atoms with Gasteiger partial charge in [0.1, 0.15) is 12.4 Å². The van der Waals surface area contributed by atoms with Crippen molar-refractivity contribution in [3.63, 3.8) is 0 Å². The molecule has 2 N–H and O–H groups in total. The molecule has 0 saturated heterocycles. The number of hydrogen-bond donors (Lipinski definition) is 1. The summed E-state index contributed by atoms with van der Waals surface area (Å²) in [5.41, 5.74) is 1.70. The van der Waals surface area contributed by atoms with Gasteiger partial charge < -0.3 is 9.30 Å². The maximum atomic E-state index is 11.3. The summed E-state index contributed by atoms with van der Waals surface area (Å²) < 4.78 is 30.3. The van der Waals surface area contributed by atoms with Crippen molar-refractivity contribution in [2.24, 2.45) is 5.14 Å². The van der Waals surface area contributed by atoms with Gasteiger partial charge in [0.2, 0.25) is 10.0 Å². The van der Waals surface area contributed by atoms with E-state index < -0.39 is 10.0 Å². The molecule has 7 heteroatoms. The highest BCUT2D eigenvalue weighted by molar-refractivity contribution is 7.89. The lowest BCUT2D eigenvalue weighted by atomic mass is 10.2. The third-order valence-corrected chi connectivity index (χ3v) is 4.02. The molecule has 1 heterocycles. The minimum absolute atomic E-state index is 0.0865. The van der Waals surface area contributed by atoms with E-state index in [1.165, 1.54) is 12.1 Å². The molecule has 0 amide bonds. The number of rotatable bonds is 6. The summed E-state index contributed by atoms with van der Waals surface area (Å²) >= 11 is 0. The number of hydrogen-bond acceptors (Lipinski definition) is 4. The monoisotopic (exact) mass is 309 g/mol. The van der Waals surface area contributed by atoms with Crippen LogP contribution in [0.2, 0.25) is 0 Å². The quantitative estimate of drug-likeness (QED) is 0.882. The Bertz CT molecular complexity index is 723. The molecule has 1 aromatic carbocycles. The van der Waals surface area contributed by atoms with Crippen LogP contribution < -0.4 is 9.88 Å². The van der Waals surface area contributed by atoms with Gasteiger partial charge in [-0.25, -0.2) is 18.5 Å². The average Bonchev–Trinajstić information content (AvgIpc) is 2.84. The van der Waals surface area contributed by atoms with Gasteiger partial charge in [0.25, 0.3) is 0 Å². The highest BCUT2D eigenvalue weighted by Crippen LogP contribution is 2.22. The topological polar surface area (TPSA) is 87.2 Å². The largest absolute Gasteiger partial charge is 0.487 e. The Hall–Kier alpha value is -1.86. The van der Waals surface area contributed by atoms with E-state index in [9.17, 15) is 8.42 Å². The van der Waals surface area contributed by atoms with Gasteiger partial charge in [0.05, 0.1) is 23.1 Å². The predicted molar refractivity (Wildman–Crippen MR) is 79.4 cm³/mol. The molecule has 0 bridgehead atoms. The molecule has 2 aromatic rings. The Morgan fingerprint density at radius 3 is 2.76 bits per heavy atom. The summed E-state index contributed by atoms with van der Waals surface area (Å²) in [7, 11) is -3.68. The predicted octanol–water partition coefficient (Wildman–Crippen LogP) is 1.83. The van der Waals surface area contributed by atoms with Crippen LogP contribution in [0.25, 0.3) is 0 Å². The number of imidazole rings is 1. The fourth-order valence-electron chi connectivity index (χ4n) is 2.02. The molecule has 2 rings (SSSR count). The van der Waals surface area contributed by atoms with Crippen LogP contribution >= 0.6 is 0 Å². The van der Waals surface area contributed by atoms with Crippen molar-refractivity contribution in [3.05, 3.63) is 42.0 Å². The Labute approximate surface area is 124 Å². The first-order chi connectivity index (χ1) is 9.91. The lowest BCUT2D eigenvalue weighted by Crippen LogP contribution is -2.12. The Morgan fingerprint density at radius 1 is 1.38 bits per heavy atom. The lowest BCUT2D eigenvalue weighted by molar-refractivity contribution is 0.292. The van der Waals surface area contributed by atoms with Gasteiger partial charge in [0.15, 0.2) is 0 Å². The SMILES string of the molecule is CCCn1cncc1COc1ccc(S(N)(=O)=O)cc1C. The molecule has 0 spiro atoms.